The summed E-state index contributed by atoms with van der Waals surface area (Å²) in [5, 5.41) is 4.73. The number of rotatable bonds is 4. The fourth-order valence-corrected chi connectivity index (χ4v) is 5.73. The van der Waals surface area contributed by atoms with Gasteiger partial charge in [-0.05, 0) is 63.3 Å². The number of nitrogens with zero attached hydrogens (tertiary/aromatic N) is 2. The van der Waals surface area contributed by atoms with Crippen LogP contribution in [0.15, 0.2) is 23.2 Å². The van der Waals surface area contributed by atoms with Gasteiger partial charge in [-0.3, -0.25) is 0 Å². The van der Waals surface area contributed by atoms with E-state index >= 15 is 0 Å². The predicted octanol–water partition coefficient (Wildman–Crippen LogP) is 3.65. The highest BCUT2D eigenvalue weighted by Crippen LogP contribution is 2.46. The summed E-state index contributed by atoms with van der Waals surface area (Å²) < 4.78 is 0. The Hall–Kier alpha value is -1.66. The van der Waals surface area contributed by atoms with Crippen molar-refractivity contribution >= 4 is 28.7 Å². The Bertz CT molecular complexity index is 844. The fourth-order valence-electron chi connectivity index (χ4n) is 5.05. The number of aromatic nitrogens is 1. The third-order valence-corrected chi connectivity index (χ3v) is 7.20. The van der Waals surface area contributed by atoms with Crippen molar-refractivity contribution in [3.05, 3.63) is 29.5 Å². The first-order valence-electron chi connectivity index (χ1n) is 9.99. The average molecular weight is 387 g/mol. The molecule has 0 bridgehead atoms. The molecule has 2 heterocycles. The van der Waals surface area contributed by atoms with Gasteiger partial charge in [0.05, 0.1) is 0 Å². The summed E-state index contributed by atoms with van der Waals surface area (Å²) in [6.07, 6.45) is 6.46. The number of benzene rings is 1. The van der Waals surface area contributed by atoms with Crippen LogP contribution in [0.5, 0.6) is 0 Å². The first kappa shape index (κ1) is 18.7. The molecule has 3 atom stereocenters. The summed E-state index contributed by atoms with van der Waals surface area (Å²) in [4.78, 5) is 21.8. The zero-order valence-electron chi connectivity index (χ0n) is 16.7. The van der Waals surface area contributed by atoms with Crippen LogP contribution in [-0.4, -0.2) is 65.8 Å². The first-order valence-corrected chi connectivity index (χ1v) is 11.2. The normalized spacial score (nSPS) is 24.7. The van der Waals surface area contributed by atoms with E-state index in [1.165, 1.54) is 26.9 Å². The van der Waals surface area contributed by atoms with Crippen LogP contribution in [0, 0.1) is 0 Å². The molecule has 1 aliphatic heterocycles. The van der Waals surface area contributed by atoms with Gasteiger partial charge in [-0.1, -0.05) is 0 Å². The van der Waals surface area contributed by atoms with Crippen molar-refractivity contribution in [2.24, 2.45) is 0 Å². The number of carbonyl (C=O) groups is 1. The molecule has 1 fully saturated rings. The smallest absolute Gasteiger partial charge is 0.317 e. The van der Waals surface area contributed by atoms with Crippen LogP contribution in [0.1, 0.15) is 37.3 Å². The van der Waals surface area contributed by atoms with Crippen molar-refractivity contribution in [2.75, 3.05) is 32.9 Å². The predicted molar refractivity (Wildman–Crippen MR) is 113 cm³/mol. The number of likely N-dealkylation sites (N-methyl/N-ethyl adjacent to an activating group) is 1. The molecule has 2 aromatic rings. The number of hydrogen-bond acceptors (Lipinski definition) is 3. The Kier molecular flexibility index (Phi) is 5.12. The number of likely N-dealkylation sites (tertiary alicyclic amines) is 1. The minimum Gasteiger partial charge on any atom is -0.361 e. The molecule has 0 saturated carbocycles. The first-order chi connectivity index (χ1) is 13.1. The number of carbonyl (C=O) groups excluding carboxylic acids is 1. The van der Waals surface area contributed by atoms with E-state index in [-0.39, 0.29) is 12.1 Å². The standard InChI is InChI=1S/C21H30N4OS/c1-5-25(6-2)21(26)23-14-10-15-17(24(3)12-14)9-13-11-22-16-7-8-18(27-4)20(15)19(13)16/h7-8,11,14-15,17,22H,5-6,9-10,12H2,1-4H3,(H,23,26)/t14-,15-,17+/m0/s1. The molecule has 1 saturated heterocycles. The molecule has 2 aliphatic rings. The molecule has 0 unspecified atom stereocenters. The third-order valence-electron chi connectivity index (χ3n) is 6.40. The van der Waals surface area contributed by atoms with E-state index < -0.39 is 0 Å². The number of thioether (sulfide) groups is 1. The minimum absolute atomic E-state index is 0.0679. The topological polar surface area (TPSA) is 51.4 Å². The maximum Gasteiger partial charge on any atom is 0.317 e. The maximum absolute atomic E-state index is 12.6. The zero-order chi connectivity index (χ0) is 19.1. The van der Waals surface area contributed by atoms with Gasteiger partial charge >= 0.3 is 6.03 Å². The van der Waals surface area contributed by atoms with Crippen molar-refractivity contribution in [1.82, 2.24) is 20.1 Å². The van der Waals surface area contributed by atoms with Crippen LogP contribution in [0.25, 0.3) is 10.9 Å². The highest BCUT2D eigenvalue weighted by molar-refractivity contribution is 7.98. The van der Waals surface area contributed by atoms with Crippen molar-refractivity contribution in [3.63, 3.8) is 0 Å². The molecule has 27 heavy (non-hydrogen) atoms. The highest BCUT2D eigenvalue weighted by atomic mass is 32.2. The Morgan fingerprint density at radius 2 is 2.15 bits per heavy atom. The molecule has 4 rings (SSSR count). The van der Waals surface area contributed by atoms with Crippen LogP contribution in [-0.2, 0) is 6.42 Å². The Morgan fingerprint density at radius 1 is 1.37 bits per heavy atom. The van der Waals surface area contributed by atoms with Crippen molar-refractivity contribution in [3.8, 4) is 0 Å². The van der Waals surface area contributed by atoms with Gasteiger partial charge in [0.25, 0.3) is 0 Å². The van der Waals surface area contributed by atoms with Gasteiger partial charge in [0.2, 0.25) is 0 Å². The van der Waals surface area contributed by atoms with Crippen LogP contribution in [0.2, 0.25) is 0 Å². The number of aromatic amines is 1. The molecule has 1 aliphatic carbocycles. The van der Waals surface area contributed by atoms with Gasteiger partial charge in [-0.15, -0.1) is 11.8 Å². The van der Waals surface area contributed by atoms with E-state index in [9.17, 15) is 4.79 Å². The van der Waals surface area contributed by atoms with Gasteiger partial charge in [-0.2, -0.15) is 0 Å². The molecular weight excluding hydrogens is 356 g/mol. The second-order valence-corrected chi connectivity index (χ2v) is 8.64. The van der Waals surface area contributed by atoms with Crippen LogP contribution in [0.3, 0.4) is 0 Å². The lowest BCUT2D eigenvalue weighted by molar-refractivity contribution is 0.123. The molecule has 6 heteroatoms. The molecule has 2 amide bonds. The van der Waals surface area contributed by atoms with Crippen molar-refractivity contribution in [2.45, 2.75) is 49.6 Å². The maximum atomic E-state index is 12.6. The van der Waals surface area contributed by atoms with Crippen LogP contribution < -0.4 is 5.32 Å². The Balaban J connectivity index is 1.66. The summed E-state index contributed by atoms with van der Waals surface area (Å²) >= 11 is 1.84. The number of hydrogen-bond donors (Lipinski definition) is 2. The molecule has 2 N–H and O–H groups in total. The van der Waals surface area contributed by atoms with E-state index in [2.05, 4.69) is 46.8 Å². The Morgan fingerprint density at radius 3 is 2.85 bits per heavy atom. The molecule has 1 aromatic carbocycles. The van der Waals surface area contributed by atoms with E-state index in [4.69, 9.17) is 0 Å². The summed E-state index contributed by atoms with van der Waals surface area (Å²) in [7, 11) is 2.21. The number of urea groups is 1. The molecule has 0 spiro atoms. The lowest BCUT2D eigenvalue weighted by Crippen LogP contribution is -2.56. The second-order valence-electron chi connectivity index (χ2n) is 7.79. The third kappa shape index (κ3) is 3.13. The lowest BCUT2D eigenvalue weighted by Gasteiger charge is -2.46. The Labute approximate surface area is 165 Å². The van der Waals surface area contributed by atoms with Gasteiger partial charge < -0.3 is 20.1 Å². The fraction of sp³-hybridized carbons (Fsp3) is 0.571. The number of piperidine rings is 1. The largest absolute Gasteiger partial charge is 0.361 e. The van der Waals surface area contributed by atoms with Gasteiger partial charge in [-0.25, -0.2) is 4.79 Å². The van der Waals surface area contributed by atoms with Crippen molar-refractivity contribution < 1.29 is 4.79 Å². The number of amides is 2. The van der Waals surface area contributed by atoms with Gasteiger partial charge in [0.15, 0.2) is 0 Å². The summed E-state index contributed by atoms with van der Waals surface area (Å²) in [5.74, 6) is 0.459. The average Bonchev–Trinajstić information content (AvgIpc) is 3.07. The van der Waals surface area contributed by atoms with E-state index in [1.807, 2.05) is 30.5 Å². The molecular formula is C21H30N4OS. The van der Waals surface area contributed by atoms with Crippen LogP contribution >= 0.6 is 11.8 Å². The summed E-state index contributed by atoms with van der Waals surface area (Å²) in [5.41, 5.74) is 4.17. The highest BCUT2D eigenvalue weighted by Gasteiger charge is 2.41. The van der Waals surface area contributed by atoms with Crippen LogP contribution in [0.4, 0.5) is 4.79 Å². The van der Waals surface area contributed by atoms with Gasteiger partial charge in [0, 0.05) is 59.6 Å². The zero-order valence-corrected chi connectivity index (χ0v) is 17.5. The monoisotopic (exact) mass is 386 g/mol. The number of nitrogens with one attached hydrogen (secondary N) is 2. The summed E-state index contributed by atoms with van der Waals surface area (Å²) in [6.45, 7) is 6.48. The molecule has 146 valence electrons. The quantitative estimate of drug-likeness (QED) is 0.789. The SMILES string of the molecule is CCN(CC)C(=O)N[C@H]1C[C@@H]2c3c(SC)ccc4[nH]cc(c34)C[C@H]2N(C)C1. The van der Waals surface area contributed by atoms with E-state index in [0.717, 1.165) is 32.5 Å². The van der Waals surface area contributed by atoms with Crippen molar-refractivity contribution in [1.29, 1.82) is 0 Å². The van der Waals surface area contributed by atoms with E-state index in [0.29, 0.717) is 12.0 Å². The molecule has 5 nitrogen and oxygen atoms in total. The number of fused-ring (bicyclic) bond motifs is 2. The summed E-state index contributed by atoms with van der Waals surface area (Å²) in [6, 6.07) is 5.23. The van der Waals surface area contributed by atoms with E-state index in [1.54, 1.807) is 0 Å². The molecule has 1 aromatic heterocycles. The van der Waals surface area contributed by atoms with Gasteiger partial charge in [0.1, 0.15) is 0 Å². The minimum atomic E-state index is 0.0679. The second kappa shape index (κ2) is 7.40. The lowest BCUT2D eigenvalue weighted by atomic mass is 9.74. The number of H-pyrrole nitrogens is 1. The molecule has 0 radical (unpaired) electrons.